The van der Waals surface area contributed by atoms with E-state index in [1.807, 2.05) is 12.1 Å². The number of carbonyl (C=O) groups excluding carboxylic acids is 1. The molecule has 28 heavy (non-hydrogen) atoms. The quantitative estimate of drug-likeness (QED) is 0.590. The van der Waals surface area contributed by atoms with Gasteiger partial charge in [0.2, 0.25) is 5.95 Å². The van der Waals surface area contributed by atoms with Crippen LogP contribution in [0.15, 0.2) is 60.9 Å². The highest BCUT2D eigenvalue weighted by atomic mass is 35.5. The van der Waals surface area contributed by atoms with Crippen LogP contribution in [0.25, 0.3) is 0 Å². The fourth-order valence-corrected chi connectivity index (χ4v) is 2.92. The van der Waals surface area contributed by atoms with Crippen molar-refractivity contribution in [2.45, 2.75) is 13.8 Å². The van der Waals surface area contributed by atoms with Gasteiger partial charge in [-0.2, -0.15) is 0 Å². The second-order valence-corrected chi connectivity index (χ2v) is 6.48. The van der Waals surface area contributed by atoms with Gasteiger partial charge in [0.05, 0.1) is 16.3 Å². The highest BCUT2D eigenvalue weighted by molar-refractivity contribution is 6.33. The fraction of sp³-hybridized carbons (Fsp3) is 0.190. The van der Waals surface area contributed by atoms with E-state index in [0.29, 0.717) is 22.2 Å². The zero-order valence-electron chi connectivity index (χ0n) is 15.8. The van der Waals surface area contributed by atoms with E-state index in [1.54, 1.807) is 24.3 Å². The molecule has 2 N–H and O–H groups in total. The lowest BCUT2D eigenvalue weighted by Gasteiger charge is -2.21. The zero-order valence-corrected chi connectivity index (χ0v) is 16.6. The van der Waals surface area contributed by atoms with Gasteiger partial charge < -0.3 is 15.5 Å². The molecule has 0 radical (unpaired) electrons. The van der Waals surface area contributed by atoms with E-state index in [9.17, 15) is 4.79 Å². The highest BCUT2D eigenvalue weighted by Gasteiger charge is 2.10. The molecule has 0 atom stereocenters. The van der Waals surface area contributed by atoms with Crippen molar-refractivity contribution >= 4 is 40.5 Å². The number of para-hydroxylation sites is 1. The summed E-state index contributed by atoms with van der Waals surface area (Å²) in [5.74, 6) is 0.105. The third-order valence-electron chi connectivity index (χ3n) is 4.29. The minimum Gasteiger partial charge on any atom is -0.372 e. The SMILES string of the molecule is CCN(CC)c1ccc(Nc2ncc(C(=O)Nc3ccccc3Cl)cn2)cc1. The van der Waals surface area contributed by atoms with E-state index in [0.717, 1.165) is 18.8 Å². The fourth-order valence-electron chi connectivity index (χ4n) is 2.74. The molecule has 3 rings (SSSR count). The smallest absolute Gasteiger partial charge is 0.258 e. The van der Waals surface area contributed by atoms with Crippen LogP contribution in [-0.4, -0.2) is 29.0 Å². The van der Waals surface area contributed by atoms with Gasteiger partial charge in [-0.15, -0.1) is 0 Å². The van der Waals surface area contributed by atoms with E-state index >= 15 is 0 Å². The Balaban J connectivity index is 1.64. The van der Waals surface area contributed by atoms with E-state index < -0.39 is 0 Å². The van der Waals surface area contributed by atoms with Crippen LogP contribution >= 0.6 is 11.6 Å². The molecule has 0 spiro atoms. The molecule has 0 unspecified atom stereocenters. The first-order valence-corrected chi connectivity index (χ1v) is 9.48. The van der Waals surface area contributed by atoms with Crippen molar-refractivity contribution in [1.82, 2.24) is 9.97 Å². The number of nitrogens with zero attached hydrogens (tertiary/aromatic N) is 3. The number of hydrogen-bond acceptors (Lipinski definition) is 5. The van der Waals surface area contributed by atoms with Crippen molar-refractivity contribution in [2.75, 3.05) is 28.6 Å². The molecule has 0 fully saturated rings. The van der Waals surface area contributed by atoms with Crippen molar-refractivity contribution in [3.8, 4) is 0 Å². The first-order chi connectivity index (χ1) is 13.6. The molecule has 0 saturated heterocycles. The minimum atomic E-state index is -0.316. The number of halogens is 1. The zero-order chi connectivity index (χ0) is 19.9. The van der Waals surface area contributed by atoms with Crippen LogP contribution < -0.4 is 15.5 Å². The molecule has 1 aromatic heterocycles. The summed E-state index contributed by atoms with van der Waals surface area (Å²) in [5, 5.41) is 6.36. The normalized spacial score (nSPS) is 10.4. The molecule has 1 amide bonds. The monoisotopic (exact) mass is 395 g/mol. The van der Waals surface area contributed by atoms with Gasteiger partial charge in [0.15, 0.2) is 0 Å². The lowest BCUT2D eigenvalue weighted by Crippen LogP contribution is -2.21. The molecule has 6 nitrogen and oxygen atoms in total. The Hall–Kier alpha value is -3.12. The summed E-state index contributed by atoms with van der Waals surface area (Å²) in [6.07, 6.45) is 2.96. The van der Waals surface area contributed by atoms with Crippen molar-refractivity contribution in [3.05, 3.63) is 71.5 Å². The van der Waals surface area contributed by atoms with Crippen LogP contribution in [0.2, 0.25) is 5.02 Å². The summed E-state index contributed by atoms with van der Waals surface area (Å²) in [6, 6.07) is 15.1. The maximum Gasteiger partial charge on any atom is 0.258 e. The molecule has 1 heterocycles. The van der Waals surface area contributed by atoms with Gasteiger partial charge in [0.1, 0.15) is 0 Å². The average Bonchev–Trinajstić information content (AvgIpc) is 2.72. The Morgan fingerprint density at radius 3 is 2.25 bits per heavy atom. The molecule has 3 aromatic rings. The van der Waals surface area contributed by atoms with Crippen LogP contribution in [-0.2, 0) is 0 Å². The topological polar surface area (TPSA) is 70.2 Å². The lowest BCUT2D eigenvalue weighted by atomic mass is 10.2. The number of amides is 1. The first-order valence-electron chi connectivity index (χ1n) is 9.10. The van der Waals surface area contributed by atoms with Gasteiger partial charge in [0, 0.05) is 36.9 Å². The molecule has 0 aliphatic rings. The predicted molar refractivity (Wildman–Crippen MR) is 115 cm³/mol. The third kappa shape index (κ3) is 4.78. The number of hydrogen-bond donors (Lipinski definition) is 2. The number of aromatic nitrogens is 2. The maximum absolute atomic E-state index is 12.3. The minimum absolute atomic E-state index is 0.316. The Kier molecular flexibility index (Phi) is 6.45. The molecular formula is C21H22ClN5O. The third-order valence-corrected chi connectivity index (χ3v) is 4.62. The second-order valence-electron chi connectivity index (χ2n) is 6.07. The first kappa shape index (κ1) is 19.6. The van der Waals surface area contributed by atoms with E-state index in [4.69, 9.17) is 11.6 Å². The largest absolute Gasteiger partial charge is 0.372 e. The predicted octanol–water partition coefficient (Wildman–Crippen LogP) is 4.97. The van der Waals surface area contributed by atoms with Crippen molar-refractivity contribution in [3.63, 3.8) is 0 Å². The van der Waals surface area contributed by atoms with Crippen LogP contribution in [0.3, 0.4) is 0 Å². The van der Waals surface area contributed by atoms with E-state index in [-0.39, 0.29) is 5.91 Å². The summed E-state index contributed by atoms with van der Waals surface area (Å²) < 4.78 is 0. The van der Waals surface area contributed by atoms with E-state index in [2.05, 4.69) is 51.5 Å². The Labute approximate surface area is 169 Å². The molecular weight excluding hydrogens is 374 g/mol. The standard InChI is InChI=1S/C21H22ClN5O/c1-3-27(4-2)17-11-9-16(10-12-17)25-21-23-13-15(14-24-21)20(28)26-19-8-6-5-7-18(19)22/h5-14H,3-4H2,1-2H3,(H,26,28)(H,23,24,25). The molecule has 144 valence electrons. The molecule has 2 aromatic carbocycles. The maximum atomic E-state index is 12.3. The summed E-state index contributed by atoms with van der Waals surface area (Å²) in [7, 11) is 0. The Morgan fingerprint density at radius 1 is 1.00 bits per heavy atom. The number of anilines is 4. The molecule has 0 aliphatic heterocycles. The second kappa shape index (κ2) is 9.19. The van der Waals surface area contributed by atoms with Gasteiger partial charge in [0.25, 0.3) is 5.91 Å². The van der Waals surface area contributed by atoms with Crippen LogP contribution in [0.1, 0.15) is 24.2 Å². The molecule has 7 heteroatoms. The lowest BCUT2D eigenvalue weighted by molar-refractivity contribution is 0.102. The van der Waals surface area contributed by atoms with Crippen molar-refractivity contribution in [1.29, 1.82) is 0 Å². The number of carbonyl (C=O) groups is 1. The highest BCUT2D eigenvalue weighted by Crippen LogP contribution is 2.22. The van der Waals surface area contributed by atoms with Gasteiger partial charge in [-0.1, -0.05) is 23.7 Å². The van der Waals surface area contributed by atoms with Crippen LogP contribution in [0.5, 0.6) is 0 Å². The van der Waals surface area contributed by atoms with Gasteiger partial charge in [-0.05, 0) is 50.2 Å². The molecule has 0 saturated carbocycles. The molecule has 0 bridgehead atoms. The summed E-state index contributed by atoms with van der Waals surface area (Å²) in [6.45, 7) is 6.19. The number of rotatable bonds is 7. The average molecular weight is 396 g/mol. The Morgan fingerprint density at radius 2 is 1.64 bits per heavy atom. The van der Waals surface area contributed by atoms with Crippen LogP contribution in [0.4, 0.5) is 23.0 Å². The number of nitrogens with one attached hydrogen (secondary N) is 2. The van der Waals surface area contributed by atoms with Crippen molar-refractivity contribution < 1.29 is 4.79 Å². The van der Waals surface area contributed by atoms with Gasteiger partial charge in [-0.3, -0.25) is 4.79 Å². The summed E-state index contributed by atoms with van der Waals surface area (Å²) in [5.41, 5.74) is 2.94. The summed E-state index contributed by atoms with van der Waals surface area (Å²) in [4.78, 5) is 23.0. The Bertz CT molecular complexity index is 924. The van der Waals surface area contributed by atoms with Gasteiger partial charge in [-0.25, -0.2) is 9.97 Å². The van der Waals surface area contributed by atoms with Crippen molar-refractivity contribution in [2.24, 2.45) is 0 Å². The number of benzene rings is 2. The van der Waals surface area contributed by atoms with E-state index in [1.165, 1.54) is 18.1 Å². The van der Waals surface area contributed by atoms with Gasteiger partial charge >= 0.3 is 0 Å². The summed E-state index contributed by atoms with van der Waals surface area (Å²) >= 11 is 6.06. The van der Waals surface area contributed by atoms with Crippen LogP contribution in [0, 0.1) is 0 Å². The molecule has 0 aliphatic carbocycles.